The van der Waals surface area contributed by atoms with E-state index >= 15 is 0 Å². The van der Waals surface area contributed by atoms with Gasteiger partial charge < -0.3 is 10.2 Å². The van der Waals surface area contributed by atoms with Crippen molar-refractivity contribution in [1.29, 1.82) is 0 Å². The van der Waals surface area contributed by atoms with E-state index in [1.54, 1.807) is 0 Å². The number of benzene rings is 1. The Bertz CT molecular complexity index is 388. The summed E-state index contributed by atoms with van der Waals surface area (Å²) < 4.78 is 0. The number of rotatable bonds is 3. The van der Waals surface area contributed by atoms with Crippen molar-refractivity contribution in [3.8, 4) is 0 Å². The fourth-order valence-corrected chi connectivity index (χ4v) is 2.34. The van der Waals surface area contributed by atoms with E-state index in [4.69, 9.17) is 0 Å². The van der Waals surface area contributed by atoms with Gasteiger partial charge in [0.05, 0.1) is 11.5 Å². The second-order valence-corrected chi connectivity index (χ2v) is 4.50. The molecular weight excluding hydrogens is 204 g/mol. The van der Waals surface area contributed by atoms with Gasteiger partial charge in [0.2, 0.25) is 0 Å². The maximum absolute atomic E-state index is 11.3. The minimum Gasteiger partial charge on any atom is -0.481 e. The van der Waals surface area contributed by atoms with Crippen LogP contribution in [0.2, 0.25) is 0 Å². The van der Waals surface area contributed by atoms with Gasteiger partial charge in [0.25, 0.3) is 0 Å². The van der Waals surface area contributed by atoms with Crippen molar-refractivity contribution in [2.75, 3.05) is 0 Å². The molecule has 16 heavy (non-hydrogen) atoms. The summed E-state index contributed by atoms with van der Waals surface area (Å²) in [4.78, 5) is 11.3. The molecule has 1 saturated carbocycles. The number of aliphatic hydroxyl groups excluding tert-OH is 1. The second-order valence-electron chi connectivity index (χ2n) is 4.50. The Morgan fingerprint density at radius 3 is 2.31 bits per heavy atom. The molecule has 0 atom stereocenters. The monoisotopic (exact) mass is 220 g/mol. The molecule has 2 N–H and O–H groups in total. The molecule has 0 bridgehead atoms. The SMILES string of the molecule is CCc1ccc(C2(C(=O)O)CC(O)C2)cc1. The van der Waals surface area contributed by atoms with Gasteiger partial charge in [0.1, 0.15) is 0 Å². The molecule has 0 aromatic heterocycles. The Balaban J connectivity index is 2.30. The fourth-order valence-electron chi connectivity index (χ4n) is 2.34. The quantitative estimate of drug-likeness (QED) is 0.815. The van der Waals surface area contributed by atoms with Crippen LogP contribution in [0.3, 0.4) is 0 Å². The van der Waals surface area contributed by atoms with Gasteiger partial charge in [-0.25, -0.2) is 0 Å². The first-order chi connectivity index (χ1) is 7.58. The van der Waals surface area contributed by atoms with E-state index in [9.17, 15) is 15.0 Å². The van der Waals surface area contributed by atoms with E-state index in [0.29, 0.717) is 12.8 Å². The van der Waals surface area contributed by atoms with Crippen LogP contribution in [0.5, 0.6) is 0 Å². The first-order valence-corrected chi connectivity index (χ1v) is 5.59. The van der Waals surface area contributed by atoms with Gasteiger partial charge in [-0.05, 0) is 30.4 Å². The molecule has 1 aromatic carbocycles. The molecule has 86 valence electrons. The van der Waals surface area contributed by atoms with Crippen molar-refractivity contribution < 1.29 is 15.0 Å². The van der Waals surface area contributed by atoms with Gasteiger partial charge >= 0.3 is 5.97 Å². The molecule has 0 amide bonds. The third kappa shape index (κ3) is 1.61. The standard InChI is InChI=1S/C13H16O3/c1-2-9-3-5-10(6-4-9)13(12(15)16)7-11(14)8-13/h3-6,11,14H,2,7-8H2,1H3,(H,15,16). The fraction of sp³-hybridized carbons (Fsp3) is 0.462. The van der Waals surface area contributed by atoms with E-state index in [2.05, 4.69) is 6.92 Å². The van der Waals surface area contributed by atoms with Crippen molar-refractivity contribution in [2.45, 2.75) is 37.7 Å². The van der Waals surface area contributed by atoms with Gasteiger partial charge in [0.15, 0.2) is 0 Å². The van der Waals surface area contributed by atoms with Crippen LogP contribution in [-0.2, 0) is 16.6 Å². The van der Waals surface area contributed by atoms with Gasteiger partial charge in [-0.15, -0.1) is 0 Å². The molecule has 0 aliphatic heterocycles. The van der Waals surface area contributed by atoms with Crippen LogP contribution in [0.4, 0.5) is 0 Å². The predicted molar refractivity (Wildman–Crippen MR) is 60.4 cm³/mol. The number of hydrogen-bond acceptors (Lipinski definition) is 2. The average Bonchev–Trinajstić information content (AvgIpc) is 2.24. The zero-order valence-electron chi connectivity index (χ0n) is 9.31. The largest absolute Gasteiger partial charge is 0.481 e. The van der Waals surface area contributed by atoms with Crippen molar-refractivity contribution in [2.24, 2.45) is 0 Å². The predicted octanol–water partition coefficient (Wildman–Crippen LogP) is 1.73. The highest BCUT2D eigenvalue weighted by molar-refractivity contribution is 5.83. The van der Waals surface area contributed by atoms with Gasteiger partial charge in [0, 0.05) is 0 Å². The summed E-state index contributed by atoms with van der Waals surface area (Å²) in [7, 11) is 0. The van der Waals surface area contributed by atoms with Crippen LogP contribution in [-0.4, -0.2) is 22.3 Å². The van der Waals surface area contributed by atoms with Gasteiger partial charge in [-0.1, -0.05) is 31.2 Å². The minimum absolute atomic E-state index is 0.327. The molecule has 2 rings (SSSR count). The number of aryl methyl sites for hydroxylation is 1. The lowest BCUT2D eigenvalue weighted by atomic mass is 9.62. The topological polar surface area (TPSA) is 57.5 Å². The Morgan fingerprint density at radius 1 is 1.38 bits per heavy atom. The van der Waals surface area contributed by atoms with Crippen LogP contribution < -0.4 is 0 Å². The first kappa shape index (κ1) is 11.1. The Kier molecular flexibility index (Phi) is 2.72. The Labute approximate surface area is 94.7 Å². The van der Waals surface area contributed by atoms with Crippen LogP contribution in [0.15, 0.2) is 24.3 Å². The van der Waals surface area contributed by atoms with E-state index in [1.807, 2.05) is 24.3 Å². The molecule has 0 heterocycles. The first-order valence-electron chi connectivity index (χ1n) is 5.59. The van der Waals surface area contributed by atoms with Crippen molar-refractivity contribution in [3.63, 3.8) is 0 Å². The summed E-state index contributed by atoms with van der Waals surface area (Å²) in [5, 5.41) is 18.6. The zero-order valence-corrected chi connectivity index (χ0v) is 9.31. The van der Waals surface area contributed by atoms with Gasteiger partial charge in [-0.3, -0.25) is 4.79 Å². The van der Waals surface area contributed by atoms with Crippen LogP contribution >= 0.6 is 0 Å². The number of carbonyl (C=O) groups is 1. The Morgan fingerprint density at radius 2 is 1.94 bits per heavy atom. The maximum atomic E-state index is 11.3. The van der Waals surface area contributed by atoms with Crippen LogP contribution in [0.25, 0.3) is 0 Å². The number of aliphatic carboxylic acids is 1. The molecular formula is C13H16O3. The number of carboxylic acids is 1. The normalized spacial score (nSPS) is 28.5. The Hall–Kier alpha value is -1.35. The molecule has 0 spiro atoms. The van der Waals surface area contributed by atoms with E-state index < -0.39 is 17.5 Å². The third-order valence-corrected chi connectivity index (χ3v) is 3.49. The molecule has 1 aliphatic carbocycles. The highest BCUT2D eigenvalue weighted by Gasteiger charge is 2.51. The van der Waals surface area contributed by atoms with Crippen molar-refractivity contribution in [1.82, 2.24) is 0 Å². The summed E-state index contributed by atoms with van der Waals surface area (Å²) in [5.41, 5.74) is 1.15. The lowest BCUT2D eigenvalue weighted by Gasteiger charge is -2.42. The summed E-state index contributed by atoms with van der Waals surface area (Å²) in [6, 6.07) is 7.67. The summed E-state index contributed by atoms with van der Waals surface area (Å²) >= 11 is 0. The lowest BCUT2D eigenvalue weighted by molar-refractivity contribution is -0.152. The number of carboxylic acid groups (broad SMARTS) is 1. The molecule has 3 nitrogen and oxygen atoms in total. The average molecular weight is 220 g/mol. The minimum atomic E-state index is -0.855. The number of hydrogen-bond donors (Lipinski definition) is 2. The molecule has 1 fully saturated rings. The summed E-state index contributed by atoms with van der Waals surface area (Å²) in [6.45, 7) is 2.06. The van der Waals surface area contributed by atoms with Crippen LogP contribution in [0, 0.1) is 0 Å². The van der Waals surface area contributed by atoms with Gasteiger partial charge in [-0.2, -0.15) is 0 Å². The summed E-state index contributed by atoms with van der Waals surface area (Å²) in [5.74, 6) is -0.831. The third-order valence-electron chi connectivity index (χ3n) is 3.49. The zero-order chi connectivity index (χ0) is 11.8. The maximum Gasteiger partial charge on any atom is 0.314 e. The van der Waals surface area contributed by atoms with Crippen LogP contribution in [0.1, 0.15) is 30.9 Å². The van der Waals surface area contributed by atoms with Crippen molar-refractivity contribution >= 4 is 5.97 Å². The molecule has 3 heteroatoms. The molecule has 0 radical (unpaired) electrons. The summed E-state index contributed by atoms with van der Waals surface area (Å²) in [6.07, 6.45) is 1.13. The highest BCUT2D eigenvalue weighted by Crippen LogP contribution is 2.44. The smallest absolute Gasteiger partial charge is 0.314 e. The number of aliphatic hydroxyl groups is 1. The second kappa shape index (κ2) is 3.91. The van der Waals surface area contributed by atoms with E-state index in [1.165, 1.54) is 5.56 Å². The van der Waals surface area contributed by atoms with Crippen molar-refractivity contribution in [3.05, 3.63) is 35.4 Å². The van der Waals surface area contributed by atoms with E-state index in [-0.39, 0.29) is 0 Å². The highest BCUT2D eigenvalue weighted by atomic mass is 16.4. The lowest BCUT2D eigenvalue weighted by Crippen LogP contribution is -2.50. The molecule has 0 saturated heterocycles. The molecule has 0 unspecified atom stereocenters. The van der Waals surface area contributed by atoms with E-state index in [0.717, 1.165) is 12.0 Å². The molecule has 1 aliphatic rings. The molecule has 1 aromatic rings.